The minimum absolute atomic E-state index is 0.295. The zero-order valence-corrected chi connectivity index (χ0v) is 11.6. The molecule has 0 aliphatic rings. The Balaban J connectivity index is 1.84. The summed E-state index contributed by atoms with van der Waals surface area (Å²) < 4.78 is 19.7. The predicted molar refractivity (Wildman–Crippen MR) is 74.3 cm³/mol. The summed E-state index contributed by atoms with van der Waals surface area (Å²) in [6.07, 6.45) is 0. The van der Waals surface area contributed by atoms with Crippen molar-refractivity contribution in [2.45, 2.75) is 6.92 Å². The van der Waals surface area contributed by atoms with E-state index in [0.717, 1.165) is 11.3 Å². The lowest BCUT2D eigenvalue weighted by atomic mass is 10.2. The predicted octanol–water partition coefficient (Wildman–Crippen LogP) is 2.96. The van der Waals surface area contributed by atoms with Crippen molar-refractivity contribution in [2.24, 2.45) is 0 Å². The molecule has 3 heterocycles. The number of aromatic nitrogens is 5. The number of aryl methyl sites for hydroxylation is 1. The second kappa shape index (κ2) is 4.45. The van der Waals surface area contributed by atoms with Crippen LogP contribution < -0.4 is 0 Å². The normalized spacial score (nSPS) is 11.3. The molecule has 21 heavy (non-hydrogen) atoms. The number of rotatable bonds is 2. The smallest absolute Gasteiger partial charge is 0.235 e. The fraction of sp³-hybridized carbons (Fsp3) is 0.0769. The Kier molecular flexibility index (Phi) is 2.58. The molecule has 0 unspecified atom stereocenters. The number of halogens is 1. The van der Waals surface area contributed by atoms with Crippen LogP contribution in [0, 0.1) is 12.7 Å². The molecule has 0 saturated heterocycles. The van der Waals surface area contributed by atoms with Crippen molar-refractivity contribution in [2.75, 3.05) is 0 Å². The molecule has 4 aromatic rings. The van der Waals surface area contributed by atoms with Gasteiger partial charge >= 0.3 is 0 Å². The van der Waals surface area contributed by atoms with Crippen LogP contribution in [0.15, 0.2) is 34.9 Å². The molecule has 0 aliphatic carbocycles. The zero-order valence-electron chi connectivity index (χ0n) is 10.8. The van der Waals surface area contributed by atoms with Crippen LogP contribution in [0.3, 0.4) is 0 Å². The van der Waals surface area contributed by atoms with Gasteiger partial charge in [-0.05, 0) is 31.2 Å². The Morgan fingerprint density at radius 3 is 2.71 bits per heavy atom. The average Bonchev–Trinajstić information content (AvgIpc) is 3.14. The highest BCUT2D eigenvalue weighted by atomic mass is 32.1. The van der Waals surface area contributed by atoms with Crippen LogP contribution in [0.5, 0.6) is 0 Å². The van der Waals surface area contributed by atoms with Gasteiger partial charge in [-0.1, -0.05) is 16.5 Å². The average molecular weight is 301 g/mol. The van der Waals surface area contributed by atoms with Crippen molar-refractivity contribution in [3.63, 3.8) is 0 Å². The summed E-state index contributed by atoms with van der Waals surface area (Å²) in [4.78, 5) is 0.643. The Labute approximate surface area is 121 Å². The van der Waals surface area contributed by atoms with Gasteiger partial charge in [0.2, 0.25) is 4.96 Å². The molecule has 0 atom stereocenters. The summed E-state index contributed by atoms with van der Waals surface area (Å²) in [5.74, 6) is 0.985. The van der Waals surface area contributed by atoms with Crippen LogP contribution in [0.4, 0.5) is 4.39 Å². The molecule has 1 aromatic carbocycles. The first-order chi connectivity index (χ1) is 10.2. The van der Waals surface area contributed by atoms with Gasteiger partial charge in [0.15, 0.2) is 10.8 Å². The molecule has 0 spiro atoms. The Morgan fingerprint density at radius 2 is 2.00 bits per heavy atom. The van der Waals surface area contributed by atoms with E-state index in [-0.39, 0.29) is 5.82 Å². The van der Waals surface area contributed by atoms with E-state index in [0.29, 0.717) is 21.5 Å². The topological polar surface area (TPSA) is 69.1 Å². The molecule has 0 radical (unpaired) electrons. The van der Waals surface area contributed by atoms with Gasteiger partial charge in [-0.3, -0.25) is 0 Å². The number of fused-ring (bicyclic) bond motifs is 1. The quantitative estimate of drug-likeness (QED) is 0.569. The molecule has 0 fully saturated rings. The van der Waals surface area contributed by atoms with E-state index in [4.69, 9.17) is 4.52 Å². The van der Waals surface area contributed by atoms with Crippen molar-refractivity contribution >= 4 is 16.3 Å². The first-order valence-corrected chi connectivity index (χ1v) is 6.94. The largest absolute Gasteiger partial charge is 0.361 e. The third kappa shape index (κ3) is 2.00. The van der Waals surface area contributed by atoms with E-state index >= 15 is 0 Å². The van der Waals surface area contributed by atoms with Crippen LogP contribution >= 0.6 is 11.3 Å². The van der Waals surface area contributed by atoms with E-state index in [1.165, 1.54) is 23.5 Å². The Hall–Kier alpha value is -2.61. The van der Waals surface area contributed by atoms with E-state index in [2.05, 4.69) is 20.5 Å². The van der Waals surface area contributed by atoms with Gasteiger partial charge in [-0.15, -0.1) is 10.2 Å². The van der Waals surface area contributed by atoms with Crippen LogP contribution in [0.25, 0.3) is 27.1 Å². The summed E-state index contributed by atoms with van der Waals surface area (Å²) in [5, 5.41) is 17.3. The third-order valence-electron chi connectivity index (χ3n) is 2.94. The van der Waals surface area contributed by atoms with E-state index in [1.54, 1.807) is 16.6 Å². The SMILES string of the molecule is Cc1cc(-c2nn3c(-c4ccc(F)cc4)nnc3s2)no1. The lowest BCUT2D eigenvalue weighted by Gasteiger charge is -1.96. The molecule has 0 aliphatic heterocycles. The molecular formula is C13H8FN5OS. The standard InChI is InChI=1S/C13H8FN5OS/c1-7-6-10(18-20-7)12-17-19-11(15-16-13(19)21-12)8-2-4-9(14)5-3-8/h2-6H,1H3. The molecule has 0 N–H and O–H groups in total. The highest BCUT2D eigenvalue weighted by molar-refractivity contribution is 7.19. The number of hydrogen-bond donors (Lipinski definition) is 0. The third-order valence-corrected chi connectivity index (χ3v) is 3.86. The summed E-state index contributed by atoms with van der Waals surface area (Å²) >= 11 is 1.36. The van der Waals surface area contributed by atoms with Crippen molar-refractivity contribution in [1.82, 2.24) is 25.0 Å². The van der Waals surface area contributed by atoms with Crippen molar-refractivity contribution in [3.8, 4) is 22.1 Å². The van der Waals surface area contributed by atoms with Gasteiger partial charge in [0.1, 0.15) is 17.3 Å². The molecular weight excluding hydrogens is 293 g/mol. The molecule has 6 nitrogen and oxygen atoms in total. The van der Waals surface area contributed by atoms with Crippen molar-refractivity contribution in [1.29, 1.82) is 0 Å². The maximum absolute atomic E-state index is 13.0. The number of nitrogens with zero attached hydrogens (tertiary/aromatic N) is 5. The van der Waals surface area contributed by atoms with Gasteiger partial charge in [0.25, 0.3) is 0 Å². The van der Waals surface area contributed by atoms with Crippen LogP contribution in [-0.4, -0.2) is 25.0 Å². The minimum atomic E-state index is -0.295. The fourth-order valence-corrected chi connectivity index (χ4v) is 2.76. The first kappa shape index (κ1) is 12.2. The van der Waals surface area contributed by atoms with E-state index in [1.807, 2.05) is 13.0 Å². The summed E-state index contributed by atoms with van der Waals surface area (Å²) in [5.41, 5.74) is 1.41. The van der Waals surface area contributed by atoms with Gasteiger partial charge in [0.05, 0.1) is 0 Å². The van der Waals surface area contributed by atoms with Crippen molar-refractivity contribution < 1.29 is 8.91 Å². The molecule has 0 bridgehead atoms. The van der Waals surface area contributed by atoms with Gasteiger partial charge in [-0.25, -0.2) is 4.39 Å². The molecule has 8 heteroatoms. The zero-order chi connectivity index (χ0) is 14.4. The van der Waals surface area contributed by atoms with E-state index < -0.39 is 0 Å². The molecule has 0 amide bonds. The maximum atomic E-state index is 13.0. The number of hydrogen-bond acceptors (Lipinski definition) is 6. The van der Waals surface area contributed by atoms with Crippen molar-refractivity contribution in [3.05, 3.63) is 41.9 Å². The van der Waals surface area contributed by atoms with Gasteiger partial charge < -0.3 is 4.52 Å². The second-order valence-electron chi connectivity index (χ2n) is 4.45. The minimum Gasteiger partial charge on any atom is -0.361 e. The monoisotopic (exact) mass is 301 g/mol. The molecule has 104 valence electrons. The fourth-order valence-electron chi connectivity index (χ4n) is 1.97. The molecule has 3 aromatic heterocycles. The Morgan fingerprint density at radius 1 is 1.19 bits per heavy atom. The summed E-state index contributed by atoms with van der Waals surface area (Å²) in [6, 6.07) is 7.86. The maximum Gasteiger partial charge on any atom is 0.235 e. The van der Waals surface area contributed by atoms with Gasteiger partial charge in [-0.2, -0.15) is 9.61 Å². The highest BCUT2D eigenvalue weighted by Crippen LogP contribution is 2.27. The van der Waals surface area contributed by atoms with E-state index in [9.17, 15) is 4.39 Å². The highest BCUT2D eigenvalue weighted by Gasteiger charge is 2.16. The van der Waals surface area contributed by atoms with Crippen LogP contribution in [0.2, 0.25) is 0 Å². The Bertz CT molecular complexity index is 924. The summed E-state index contributed by atoms with van der Waals surface area (Å²) in [7, 11) is 0. The second-order valence-corrected chi connectivity index (χ2v) is 5.41. The summed E-state index contributed by atoms with van der Waals surface area (Å²) in [6.45, 7) is 1.82. The van der Waals surface area contributed by atoms with Gasteiger partial charge in [0, 0.05) is 11.6 Å². The first-order valence-electron chi connectivity index (χ1n) is 6.12. The van der Waals surface area contributed by atoms with Crippen LogP contribution in [-0.2, 0) is 0 Å². The molecule has 0 saturated carbocycles. The lowest BCUT2D eigenvalue weighted by Crippen LogP contribution is -1.91. The number of benzene rings is 1. The van der Waals surface area contributed by atoms with Crippen LogP contribution in [0.1, 0.15) is 5.76 Å². The molecule has 4 rings (SSSR count). The lowest BCUT2D eigenvalue weighted by molar-refractivity contribution is 0.399.